The van der Waals surface area contributed by atoms with Crippen molar-refractivity contribution in [2.75, 3.05) is 0 Å². The Morgan fingerprint density at radius 1 is 1.41 bits per heavy atom. The van der Waals surface area contributed by atoms with Gasteiger partial charge in [-0.05, 0) is 12.0 Å². The smallest absolute Gasteiger partial charge is 0.329 e. The van der Waals surface area contributed by atoms with E-state index in [4.69, 9.17) is 0 Å². The Balaban J connectivity index is 2.56. The molecule has 90 valence electrons. The maximum atomic E-state index is 11.6. The van der Waals surface area contributed by atoms with E-state index in [2.05, 4.69) is 16.9 Å². The molecule has 0 heterocycles. The molecule has 4 heteroatoms. The fraction of sp³-hybridized carbons (Fsp3) is 0.231. The third kappa shape index (κ3) is 4.51. The van der Waals surface area contributed by atoms with Crippen LogP contribution in [0.5, 0.6) is 0 Å². The van der Waals surface area contributed by atoms with Crippen LogP contribution in [0.3, 0.4) is 0 Å². The molecule has 0 bridgehead atoms. The lowest BCUT2D eigenvalue weighted by Crippen LogP contribution is -2.32. The minimum Gasteiger partial charge on any atom is -0.341 e. The van der Waals surface area contributed by atoms with E-state index in [0.29, 0.717) is 6.42 Å². The lowest BCUT2D eigenvalue weighted by molar-refractivity contribution is -0.157. The van der Waals surface area contributed by atoms with Gasteiger partial charge in [0.2, 0.25) is 0 Å². The zero-order valence-corrected chi connectivity index (χ0v) is 9.68. The van der Waals surface area contributed by atoms with Gasteiger partial charge in [-0.3, -0.25) is 9.59 Å². The molecular formula is C13H15NO3. The molecule has 0 aliphatic heterocycles. The van der Waals surface area contributed by atoms with E-state index in [0.717, 1.165) is 5.56 Å². The number of hydroxylamine groups is 1. The van der Waals surface area contributed by atoms with Gasteiger partial charge in [-0.1, -0.05) is 36.4 Å². The summed E-state index contributed by atoms with van der Waals surface area (Å²) in [5, 5.41) is 0. The van der Waals surface area contributed by atoms with Gasteiger partial charge in [0.1, 0.15) is 0 Å². The van der Waals surface area contributed by atoms with Gasteiger partial charge in [-0.2, -0.15) is 5.48 Å². The van der Waals surface area contributed by atoms with Crippen molar-refractivity contribution in [3.05, 3.63) is 48.6 Å². The van der Waals surface area contributed by atoms with Crippen LogP contribution < -0.4 is 5.48 Å². The second-order valence-electron chi connectivity index (χ2n) is 3.59. The fourth-order valence-electron chi connectivity index (χ4n) is 1.35. The lowest BCUT2D eigenvalue weighted by Gasteiger charge is -2.11. The first kappa shape index (κ1) is 13.0. The van der Waals surface area contributed by atoms with Crippen LogP contribution in [-0.2, 0) is 20.8 Å². The molecule has 1 N–H and O–H groups in total. The number of amides is 1. The Morgan fingerprint density at radius 2 is 2.06 bits per heavy atom. The van der Waals surface area contributed by atoms with Gasteiger partial charge >= 0.3 is 5.97 Å². The van der Waals surface area contributed by atoms with Crippen LogP contribution in [0.25, 0.3) is 0 Å². The van der Waals surface area contributed by atoms with E-state index in [1.165, 1.54) is 13.0 Å². The van der Waals surface area contributed by atoms with Gasteiger partial charge in [0.15, 0.2) is 0 Å². The largest absolute Gasteiger partial charge is 0.341 e. The third-order valence-corrected chi connectivity index (χ3v) is 2.22. The first-order valence-electron chi connectivity index (χ1n) is 5.27. The summed E-state index contributed by atoms with van der Waals surface area (Å²) >= 11 is 0. The number of nitrogens with one attached hydrogen (secondary N) is 1. The number of hydrogen-bond acceptors (Lipinski definition) is 3. The predicted octanol–water partition coefficient (Wildman–Crippen LogP) is 1.63. The molecule has 1 aromatic rings. The van der Waals surface area contributed by atoms with Gasteiger partial charge in [-0.25, -0.2) is 0 Å². The van der Waals surface area contributed by atoms with Gasteiger partial charge in [0, 0.05) is 6.92 Å². The summed E-state index contributed by atoms with van der Waals surface area (Å²) in [7, 11) is 0. The number of rotatable bonds is 4. The van der Waals surface area contributed by atoms with Crippen molar-refractivity contribution in [1.29, 1.82) is 0 Å². The van der Waals surface area contributed by atoms with Crippen molar-refractivity contribution in [2.45, 2.75) is 13.3 Å². The van der Waals surface area contributed by atoms with Gasteiger partial charge in [-0.15, -0.1) is 6.58 Å². The van der Waals surface area contributed by atoms with Gasteiger partial charge in [0.25, 0.3) is 5.91 Å². The Kier molecular flexibility index (Phi) is 4.94. The number of carbonyl (C=O) groups excluding carboxylic acids is 2. The molecule has 0 aliphatic rings. The van der Waals surface area contributed by atoms with E-state index in [9.17, 15) is 9.59 Å². The molecule has 4 nitrogen and oxygen atoms in total. The van der Waals surface area contributed by atoms with Crippen molar-refractivity contribution in [2.24, 2.45) is 5.92 Å². The van der Waals surface area contributed by atoms with E-state index in [1.54, 1.807) is 0 Å². The van der Waals surface area contributed by atoms with Gasteiger partial charge in [0.05, 0.1) is 5.92 Å². The molecule has 1 amide bonds. The topological polar surface area (TPSA) is 55.4 Å². The SMILES string of the molecule is C=CC(Cc1ccccc1)C(=O)NOC(C)=O. The number of hydrogen-bond donors (Lipinski definition) is 1. The molecule has 0 aromatic heterocycles. The van der Waals surface area contributed by atoms with Crippen molar-refractivity contribution in [3.8, 4) is 0 Å². The second-order valence-corrected chi connectivity index (χ2v) is 3.59. The summed E-state index contributed by atoms with van der Waals surface area (Å²) < 4.78 is 0. The summed E-state index contributed by atoms with van der Waals surface area (Å²) in [6.07, 6.45) is 2.06. The summed E-state index contributed by atoms with van der Waals surface area (Å²) in [6.45, 7) is 4.83. The summed E-state index contributed by atoms with van der Waals surface area (Å²) in [5.74, 6) is -1.35. The Morgan fingerprint density at radius 3 is 2.59 bits per heavy atom. The second kappa shape index (κ2) is 6.48. The molecule has 17 heavy (non-hydrogen) atoms. The normalized spacial score (nSPS) is 11.4. The molecule has 1 atom stereocenters. The minimum atomic E-state index is -0.555. The summed E-state index contributed by atoms with van der Waals surface area (Å²) in [6, 6.07) is 9.56. The first-order chi connectivity index (χ1) is 8.13. The number of benzene rings is 1. The average Bonchev–Trinajstić information content (AvgIpc) is 2.34. The Labute approximate surface area is 100 Å². The average molecular weight is 233 g/mol. The Hall–Kier alpha value is -2.10. The summed E-state index contributed by atoms with van der Waals surface area (Å²) in [5.41, 5.74) is 3.12. The molecular weight excluding hydrogens is 218 g/mol. The fourth-order valence-corrected chi connectivity index (χ4v) is 1.35. The monoisotopic (exact) mass is 233 g/mol. The maximum absolute atomic E-state index is 11.6. The van der Waals surface area contributed by atoms with Crippen LogP contribution in [0.4, 0.5) is 0 Å². The third-order valence-electron chi connectivity index (χ3n) is 2.22. The van der Waals surface area contributed by atoms with Crippen molar-refractivity contribution in [3.63, 3.8) is 0 Å². The zero-order chi connectivity index (χ0) is 12.7. The van der Waals surface area contributed by atoms with Crippen molar-refractivity contribution < 1.29 is 14.4 Å². The molecule has 0 aliphatic carbocycles. The van der Waals surface area contributed by atoms with Crippen LogP contribution in [0.1, 0.15) is 12.5 Å². The van der Waals surface area contributed by atoms with E-state index in [-0.39, 0.29) is 5.91 Å². The highest BCUT2D eigenvalue weighted by atomic mass is 16.7. The summed E-state index contributed by atoms with van der Waals surface area (Å²) in [4.78, 5) is 26.6. The molecule has 1 unspecified atom stereocenters. The first-order valence-corrected chi connectivity index (χ1v) is 5.27. The van der Waals surface area contributed by atoms with E-state index >= 15 is 0 Å². The number of carbonyl (C=O) groups is 2. The molecule has 0 spiro atoms. The molecule has 0 radical (unpaired) electrons. The highest BCUT2D eigenvalue weighted by Crippen LogP contribution is 2.09. The molecule has 0 saturated carbocycles. The minimum absolute atomic E-state index is 0.376. The highest BCUT2D eigenvalue weighted by Gasteiger charge is 2.16. The van der Waals surface area contributed by atoms with Crippen molar-refractivity contribution >= 4 is 11.9 Å². The maximum Gasteiger partial charge on any atom is 0.329 e. The van der Waals surface area contributed by atoms with Crippen molar-refractivity contribution in [1.82, 2.24) is 5.48 Å². The Bertz CT molecular complexity index is 400. The van der Waals surface area contributed by atoms with Crippen LogP contribution in [0, 0.1) is 5.92 Å². The zero-order valence-electron chi connectivity index (χ0n) is 9.68. The standard InChI is InChI=1S/C13H15NO3/c1-3-12(13(16)14-17-10(2)15)9-11-7-5-4-6-8-11/h3-8,12H,1,9H2,2H3,(H,14,16). The molecule has 1 rings (SSSR count). The van der Waals surface area contributed by atoms with E-state index < -0.39 is 11.9 Å². The molecule has 0 saturated heterocycles. The van der Waals surface area contributed by atoms with Gasteiger partial charge < -0.3 is 4.84 Å². The highest BCUT2D eigenvalue weighted by molar-refractivity contribution is 5.81. The van der Waals surface area contributed by atoms with Crippen LogP contribution in [-0.4, -0.2) is 11.9 Å². The van der Waals surface area contributed by atoms with Crippen LogP contribution in [0.2, 0.25) is 0 Å². The molecule has 1 aromatic carbocycles. The van der Waals surface area contributed by atoms with E-state index in [1.807, 2.05) is 30.3 Å². The van der Waals surface area contributed by atoms with Crippen LogP contribution >= 0.6 is 0 Å². The quantitative estimate of drug-likeness (QED) is 0.635. The lowest BCUT2D eigenvalue weighted by atomic mass is 9.99. The van der Waals surface area contributed by atoms with Crippen LogP contribution in [0.15, 0.2) is 43.0 Å². The molecule has 0 fully saturated rings. The predicted molar refractivity (Wildman–Crippen MR) is 63.7 cm³/mol.